The van der Waals surface area contributed by atoms with Gasteiger partial charge in [-0.2, -0.15) is 11.8 Å². The zero-order valence-electron chi connectivity index (χ0n) is 10.2. The fourth-order valence-electron chi connectivity index (χ4n) is 2.74. The van der Waals surface area contributed by atoms with E-state index in [1.54, 1.807) is 0 Å². The molecule has 2 rings (SSSR count). The average Bonchev–Trinajstić information content (AvgIpc) is 2.67. The van der Waals surface area contributed by atoms with Crippen molar-refractivity contribution in [1.29, 1.82) is 0 Å². The molecule has 0 spiro atoms. The van der Waals surface area contributed by atoms with Crippen molar-refractivity contribution in [2.75, 3.05) is 25.1 Å². The summed E-state index contributed by atoms with van der Waals surface area (Å²) in [6.45, 7) is 5.99. The predicted octanol–water partition coefficient (Wildman–Crippen LogP) is 1.81. The normalized spacial score (nSPS) is 43.4. The van der Waals surface area contributed by atoms with Crippen LogP contribution in [-0.4, -0.2) is 48.1 Å². The summed E-state index contributed by atoms with van der Waals surface area (Å²) in [4.78, 5) is 2.49. The highest BCUT2D eigenvalue weighted by atomic mass is 32.2. The lowest BCUT2D eigenvalue weighted by atomic mass is 9.89. The lowest BCUT2D eigenvalue weighted by Crippen LogP contribution is -2.53. The number of piperidine rings is 1. The molecular weight excluding hydrogens is 204 g/mol. The maximum absolute atomic E-state index is 3.87. The summed E-state index contributed by atoms with van der Waals surface area (Å²) in [5.74, 6) is 3.48. The van der Waals surface area contributed by atoms with Crippen molar-refractivity contribution in [1.82, 2.24) is 10.2 Å². The maximum atomic E-state index is 3.87. The second-order valence-electron chi connectivity index (χ2n) is 5.34. The van der Waals surface area contributed by atoms with E-state index in [2.05, 4.69) is 42.9 Å². The molecule has 2 fully saturated rings. The highest BCUT2D eigenvalue weighted by Gasteiger charge is 2.30. The monoisotopic (exact) mass is 228 g/mol. The van der Waals surface area contributed by atoms with E-state index in [0.29, 0.717) is 0 Å². The first kappa shape index (κ1) is 11.7. The lowest BCUT2D eigenvalue weighted by molar-refractivity contribution is 0.117. The molecule has 4 atom stereocenters. The van der Waals surface area contributed by atoms with Crippen LogP contribution in [0, 0.1) is 5.92 Å². The maximum Gasteiger partial charge on any atom is 0.0168 e. The predicted molar refractivity (Wildman–Crippen MR) is 68.5 cm³/mol. The van der Waals surface area contributed by atoms with Gasteiger partial charge in [-0.05, 0) is 38.5 Å². The number of thioether (sulfide) groups is 1. The van der Waals surface area contributed by atoms with Crippen LogP contribution in [0.5, 0.6) is 0 Å². The van der Waals surface area contributed by atoms with E-state index in [1.165, 1.54) is 30.9 Å². The van der Waals surface area contributed by atoms with Gasteiger partial charge in [0.05, 0.1) is 0 Å². The minimum Gasteiger partial charge on any atom is -0.310 e. The van der Waals surface area contributed by atoms with Crippen molar-refractivity contribution in [3.05, 3.63) is 0 Å². The van der Waals surface area contributed by atoms with Crippen LogP contribution in [-0.2, 0) is 0 Å². The van der Waals surface area contributed by atoms with Gasteiger partial charge in [0.2, 0.25) is 0 Å². The van der Waals surface area contributed by atoms with Crippen LogP contribution in [0.25, 0.3) is 0 Å². The molecule has 2 aliphatic rings. The second-order valence-corrected chi connectivity index (χ2v) is 6.49. The Balaban J connectivity index is 1.85. The molecule has 0 aromatic carbocycles. The van der Waals surface area contributed by atoms with E-state index in [0.717, 1.165) is 24.0 Å². The van der Waals surface area contributed by atoms with Gasteiger partial charge in [-0.1, -0.05) is 6.92 Å². The third-order valence-electron chi connectivity index (χ3n) is 3.99. The number of hydrogen-bond acceptors (Lipinski definition) is 3. The average molecular weight is 228 g/mol. The fraction of sp³-hybridized carbons (Fsp3) is 1.00. The minimum atomic E-state index is 0.743. The van der Waals surface area contributed by atoms with E-state index in [9.17, 15) is 0 Å². The molecule has 15 heavy (non-hydrogen) atoms. The smallest absolute Gasteiger partial charge is 0.0168 e. The Kier molecular flexibility index (Phi) is 3.97. The van der Waals surface area contributed by atoms with Crippen LogP contribution in [0.4, 0.5) is 0 Å². The van der Waals surface area contributed by atoms with Gasteiger partial charge in [-0.25, -0.2) is 0 Å². The summed E-state index contributed by atoms with van der Waals surface area (Å²) in [5.41, 5.74) is 0. The molecule has 4 unspecified atom stereocenters. The van der Waals surface area contributed by atoms with Gasteiger partial charge < -0.3 is 10.2 Å². The Morgan fingerprint density at radius 1 is 1.33 bits per heavy atom. The topological polar surface area (TPSA) is 15.3 Å². The van der Waals surface area contributed by atoms with E-state index in [4.69, 9.17) is 0 Å². The van der Waals surface area contributed by atoms with E-state index < -0.39 is 0 Å². The van der Waals surface area contributed by atoms with Crippen molar-refractivity contribution in [2.24, 2.45) is 5.92 Å². The standard InChI is InChI=1S/C12H24N2S/c1-9-7-14(3)10(2)6-12(9)13-11-4-5-15-8-11/h9-13H,4-8H2,1-3H3. The molecule has 0 aliphatic carbocycles. The first-order valence-electron chi connectivity index (χ1n) is 6.21. The van der Waals surface area contributed by atoms with Gasteiger partial charge in [0.1, 0.15) is 0 Å². The van der Waals surface area contributed by atoms with Crippen molar-refractivity contribution in [2.45, 2.75) is 44.8 Å². The van der Waals surface area contributed by atoms with Crippen LogP contribution in [0.1, 0.15) is 26.7 Å². The molecule has 0 amide bonds. The van der Waals surface area contributed by atoms with Gasteiger partial charge in [-0.3, -0.25) is 0 Å². The summed E-state index contributed by atoms with van der Waals surface area (Å²) in [6.07, 6.45) is 2.69. The first-order valence-corrected chi connectivity index (χ1v) is 7.36. The zero-order chi connectivity index (χ0) is 10.8. The Hall–Kier alpha value is 0.270. The third-order valence-corrected chi connectivity index (χ3v) is 5.15. The molecule has 0 aromatic rings. The molecule has 2 aliphatic heterocycles. The van der Waals surface area contributed by atoms with Crippen molar-refractivity contribution < 1.29 is 0 Å². The molecule has 3 heteroatoms. The number of nitrogens with zero attached hydrogens (tertiary/aromatic N) is 1. The van der Waals surface area contributed by atoms with Gasteiger partial charge in [0, 0.05) is 30.4 Å². The zero-order valence-corrected chi connectivity index (χ0v) is 11.0. The Morgan fingerprint density at radius 2 is 2.13 bits per heavy atom. The van der Waals surface area contributed by atoms with Gasteiger partial charge in [0.25, 0.3) is 0 Å². The molecule has 0 aromatic heterocycles. The molecule has 2 nitrogen and oxygen atoms in total. The molecule has 88 valence electrons. The van der Waals surface area contributed by atoms with Crippen molar-refractivity contribution >= 4 is 11.8 Å². The molecule has 2 saturated heterocycles. The molecule has 0 saturated carbocycles. The third kappa shape index (κ3) is 2.89. The molecule has 0 radical (unpaired) electrons. The first-order chi connectivity index (χ1) is 7.16. The number of likely N-dealkylation sites (tertiary alicyclic amines) is 1. The molecule has 2 heterocycles. The summed E-state index contributed by atoms with van der Waals surface area (Å²) in [6, 6.07) is 2.28. The van der Waals surface area contributed by atoms with Crippen LogP contribution >= 0.6 is 11.8 Å². The Bertz CT molecular complexity index is 204. The summed E-state index contributed by atoms with van der Waals surface area (Å²) < 4.78 is 0. The molecule has 1 N–H and O–H groups in total. The van der Waals surface area contributed by atoms with Gasteiger partial charge in [0.15, 0.2) is 0 Å². The highest BCUT2D eigenvalue weighted by molar-refractivity contribution is 7.99. The Morgan fingerprint density at radius 3 is 2.80 bits per heavy atom. The number of rotatable bonds is 2. The van der Waals surface area contributed by atoms with Crippen LogP contribution in [0.15, 0.2) is 0 Å². The number of nitrogens with one attached hydrogen (secondary N) is 1. The number of hydrogen-bond donors (Lipinski definition) is 1. The quantitative estimate of drug-likeness (QED) is 0.776. The van der Waals surface area contributed by atoms with E-state index in [-0.39, 0.29) is 0 Å². The highest BCUT2D eigenvalue weighted by Crippen LogP contribution is 2.24. The Labute approximate surface area is 98.2 Å². The minimum absolute atomic E-state index is 0.743. The van der Waals surface area contributed by atoms with Crippen LogP contribution < -0.4 is 5.32 Å². The fourth-order valence-corrected chi connectivity index (χ4v) is 3.91. The van der Waals surface area contributed by atoms with Gasteiger partial charge in [-0.15, -0.1) is 0 Å². The van der Waals surface area contributed by atoms with Crippen LogP contribution in [0.2, 0.25) is 0 Å². The summed E-state index contributed by atoms with van der Waals surface area (Å²) in [5, 5.41) is 3.87. The molecular formula is C12H24N2S. The summed E-state index contributed by atoms with van der Waals surface area (Å²) >= 11 is 2.10. The summed E-state index contributed by atoms with van der Waals surface area (Å²) in [7, 11) is 2.25. The lowest BCUT2D eigenvalue weighted by Gasteiger charge is -2.41. The van der Waals surface area contributed by atoms with E-state index >= 15 is 0 Å². The van der Waals surface area contributed by atoms with Crippen molar-refractivity contribution in [3.8, 4) is 0 Å². The molecule has 0 bridgehead atoms. The van der Waals surface area contributed by atoms with Crippen molar-refractivity contribution in [3.63, 3.8) is 0 Å². The largest absolute Gasteiger partial charge is 0.310 e. The van der Waals surface area contributed by atoms with Crippen LogP contribution in [0.3, 0.4) is 0 Å². The van der Waals surface area contributed by atoms with Gasteiger partial charge >= 0.3 is 0 Å². The van der Waals surface area contributed by atoms with E-state index in [1.807, 2.05) is 0 Å². The second kappa shape index (κ2) is 5.07. The SMILES string of the molecule is CC1CN(C)C(C)CC1NC1CCSC1.